The number of rotatable bonds is 7. The van der Waals surface area contributed by atoms with Gasteiger partial charge in [0.1, 0.15) is 6.61 Å². The van der Waals surface area contributed by atoms with Crippen LogP contribution in [0.1, 0.15) is 26.9 Å². The first-order valence-corrected chi connectivity index (χ1v) is 4.59. The Hall–Kier alpha value is -1.93. The van der Waals surface area contributed by atoms with Crippen LogP contribution in [-0.4, -0.2) is 47.5 Å². The van der Waals surface area contributed by atoms with Crippen molar-refractivity contribution in [1.29, 1.82) is 0 Å². The molecule has 0 radical (unpaired) electrons. The molecule has 2 N–H and O–H groups in total. The quantitative estimate of drug-likeness (QED) is 0.655. The summed E-state index contributed by atoms with van der Waals surface area (Å²) in [6.07, 6.45) is 0. The Morgan fingerprint density at radius 2 is 2.00 bits per heavy atom. The number of nitrogens with zero attached hydrogens (tertiary/aromatic N) is 1. The molecule has 0 amide bonds. The van der Waals surface area contributed by atoms with Crippen molar-refractivity contribution in [3.63, 3.8) is 0 Å². The van der Waals surface area contributed by atoms with Gasteiger partial charge in [0.25, 0.3) is 0 Å². The van der Waals surface area contributed by atoms with Crippen LogP contribution in [0.5, 0.6) is 0 Å². The van der Waals surface area contributed by atoms with Crippen molar-refractivity contribution in [3.05, 3.63) is 17.3 Å². The largest absolute Gasteiger partial charge is 0.476 e. The van der Waals surface area contributed by atoms with Crippen LogP contribution in [0.4, 0.5) is 0 Å². The van der Waals surface area contributed by atoms with Crippen LogP contribution in [-0.2, 0) is 16.1 Å². The molecule has 1 heterocycles. The second kappa shape index (κ2) is 5.97. The average Bonchev–Trinajstić information content (AvgIpc) is 2.69. The van der Waals surface area contributed by atoms with Gasteiger partial charge in [-0.1, -0.05) is 0 Å². The molecule has 17 heavy (non-hydrogen) atoms. The highest BCUT2D eigenvalue weighted by Gasteiger charge is 2.24. The highest BCUT2D eigenvalue weighted by Crippen LogP contribution is 2.12. The van der Waals surface area contributed by atoms with Crippen LogP contribution < -0.4 is 0 Å². The number of methoxy groups -OCH3 is 1. The molecule has 0 atom stereocenters. The molecule has 1 rings (SSSR count). The predicted octanol–water partition coefficient (Wildman–Crippen LogP) is 0.234. The summed E-state index contributed by atoms with van der Waals surface area (Å²) in [5.41, 5.74) is -0.636. The maximum atomic E-state index is 10.7. The molecule has 0 aliphatic rings. The highest BCUT2D eigenvalue weighted by atomic mass is 16.5. The van der Waals surface area contributed by atoms with Crippen LogP contribution in [0.25, 0.3) is 0 Å². The van der Waals surface area contributed by atoms with Crippen LogP contribution in [0.3, 0.4) is 0 Å². The molecular weight excluding hydrogens is 234 g/mol. The summed E-state index contributed by atoms with van der Waals surface area (Å²) < 4.78 is 14.5. The molecule has 0 aliphatic heterocycles. The minimum absolute atomic E-state index is 0.101. The number of hydrogen-bond donors (Lipinski definition) is 2. The monoisotopic (exact) mass is 245 g/mol. The number of carbonyl (C=O) groups is 2. The second-order valence-corrected chi connectivity index (χ2v) is 2.94. The lowest BCUT2D eigenvalue weighted by Gasteiger charge is -1.98. The summed E-state index contributed by atoms with van der Waals surface area (Å²) in [5.74, 6) is -3.76. The molecular formula is C9H11NO7. The maximum absolute atomic E-state index is 10.7. The van der Waals surface area contributed by atoms with Gasteiger partial charge in [-0.2, -0.15) is 0 Å². The zero-order valence-corrected chi connectivity index (χ0v) is 9.00. The minimum Gasteiger partial charge on any atom is -0.476 e. The SMILES string of the molecule is COCCOCc1nc(C(=O)O)c(C(=O)O)o1. The molecule has 1 aromatic heterocycles. The van der Waals surface area contributed by atoms with Crippen LogP contribution in [0.15, 0.2) is 4.42 Å². The zero-order chi connectivity index (χ0) is 12.8. The van der Waals surface area contributed by atoms with Crippen molar-refractivity contribution >= 4 is 11.9 Å². The summed E-state index contributed by atoms with van der Waals surface area (Å²) >= 11 is 0. The molecule has 94 valence electrons. The van der Waals surface area contributed by atoms with E-state index in [1.165, 1.54) is 7.11 Å². The zero-order valence-electron chi connectivity index (χ0n) is 9.00. The first-order chi connectivity index (χ1) is 8.06. The summed E-state index contributed by atoms with van der Waals surface area (Å²) in [6, 6.07) is 0. The van der Waals surface area contributed by atoms with E-state index in [0.29, 0.717) is 6.61 Å². The summed E-state index contributed by atoms with van der Waals surface area (Å²) in [5, 5.41) is 17.4. The van der Waals surface area contributed by atoms with Crippen LogP contribution in [0, 0.1) is 0 Å². The van der Waals surface area contributed by atoms with E-state index in [1.807, 2.05) is 0 Å². The van der Waals surface area contributed by atoms with Gasteiger partial charge >= 0.3 is 11.9 Å². The molecule has 0 saturated carbocycles. The Morgan fingerprint density at radius 3 is 2.47 bits per heavy atom. The lowest BCUT2D eigenvalue weighted by atomic mass is 10.3. The van der Waals surface area contributed by atoms with Crippen molar-refractivity contribution in [2.75, 3.05) is 20.3 Å². The van der Waals surface area contributed by atoms with Crippen molar-refractivity contribution in [3.8, 4) is 0 Å². The third kappa shape index (κ3) is 3.54. The third-order valence-electron chi connectivity index (χ3n) is 1.73. The van der Waals surface area contributed by atoms with E-state index in [0.717, 1.165) is 0 Å². The van der Waals surface area contributed by atoms with Gasteiger partial charge in [0.2, 0.25) is 17.3 Å². The number of carboxylic acid groups (broad SMARTS) is 2. The van der Waals surface area contributed by atoms with E-state index in [9.17, 15) is 9.59 Å². The first kappa shape index (κ1) is 13.1. The normalized spacial score (nSPS) is 10.4. The number of carboxylic acids is 2. The van der Waals surface area contributed by atoms with Gasteiger partial charge < -0.3 is 24.1 Å². The molecule has 0 bridgehead atoms. The number of aromatic nitrogens is 1. The van der Waals surface area contributed by atoms with Gasteiger partial charge in [-0.05, 0) is 0 Å². The minimum atomic E-state index is -1.49. The van der Waals surface area contributed by atoms with E-state index in [1.54, 1.807) is 0 Å². The van der Waals surface area contributed by atoms with Crippen molar-refractivity contribution in [1.82, 2.24) is 4.98 Å². The molecule has 0 unspecified atom stereocenters. The topological polar surface area (TPSA) is 119 Å². The van der Waals surface area contributed by atoms with E-state index < -0.39 is 23.4 Å². The molecule has 0 fully saturated rings. The summed E-state index contributed by atoms with van der Waals surface area (Å²) in [7, 11) is 1.50. The fourth-order valence-corrected chi connectivity index (χ4v) is 1.02. The predicted molar refractivity (Wildman–Crippen MR) is 52.0 cm³/mol. The van der Waals surface area contributed by atoms with Gasteiger partial charge in [-0.3, -0.25) is 0 Å². The summed E-state index contributed by atoms with van der Waals surface area (Å²) in [4.78, 5) is 24.8. The molecule has 0 saturated heterocycles. The molecule has 0 spiro atoms. The van der Waals surface area contributed by atoms with Gasteiger partial charge in [-0.15, -0.1) is 0 Å². The van der Waals surface area contributed by atoms with E-state index in [2.05, 4.69) is 4.98 Å². The molecule has 1 aromatic rings. The highest BCUT2D eigenvalue weighted by molar-refractivity contribution is 5.98. The Balaban J connectivity index is 2.71. The van der Waals surface area contributed by atoms with E-state index >= 15 is 0 Å². The van der Waals surface area contributed by atoms with E-state index in [-0.39, 0.29) is 19.1 Å². The van der Waals surface area contributed by atoms with E-state index in [4.69, 9.17) is 24.1 Å². The Kier molecular flexibility index (Phi) is 4.61. The number of hydrogen-bond acceptors (Lipinski definition) is 6. The lowest BCUT2D eigenvalue weighted by molar-refractivity contribution is 0.0494. The Morgan fingerprint density at radius 1 is 1.29 bits per heavy atom. The van der Waals surface area contributed by atoms with Gasteiger partial charge in [0, 0.05) is 7.11 Å². The molecule has 0 aliphatic carbocycles. The van der Waals surface area contributed by atoms with Crippen LogP contribution in [0.2, 0.25) is 0 Å². The van der Waals surface area contributed by atoms with Crippen molar-refractivity contribution in [2.24, 2.45) is 0 Å². The van der Waals surface area contributed by atoms with Crippen molar-refractivity contribution < 1.29 is 33.7 Å². The standard InChI is InChI=1S/C9H11NO7/c1-15-2-3-16-4-5-10-6(8(11)12)7(17-5)9(13)14/h2-4H2,1H3,(H,11,12)(H,13,14). The number of aromatic carboxylic acids is 2. The fourth-order valence-electron chi connectivity index (χ4n) is 1.02. The first-order valence-electron chi connectivity index (χ1n) is 4.59. The number of oxazole rings is 1. The lowest BCUT2D eigenvalue weighted by Crippen LogP contribution is -2.06. The van der Waals surface area contributed by atoms with Gasteiger partial charge in [0.05, 0.1) is 13.2 Å². The molecule has 8 nitrogen and oxygen atoms in total. The van der Waals surface area contributed by atoms with Gasteiger partial charge in [-0.25, -0.2) is 14.6 Å². The van der Waals surface area contributed by atoms with Gasteiger partial charge in [0.15, 0.2) is 0 Å². The Bertz CT molecular complexity index is 380. The number of ether oxygens (including phenoxy) is 2. The second-order valence-electron chi connectivity index (χ2n) is 2.94. The molecule has 0 aromatic carbocycles. The Labute approximate surface area is 95.8 Å². The fraction of sp³-hybridized carbons (Fsp3) is 0.444. The molecule has 8 heteroatoms. The smallest absolute Gasteiger partial charge is 0.374 e. The maximum Gasteiger partial charge on any atom is 0.374 e. The average molecular weight is 245 g/mol. The third-order valence-corrected chi connectivity index (χ3v) is 1.73. The van der Waals surface area contributed by atoms with Crippen LogP contribution >= 0.6 is 0 Å². The summed E-state index contributed by atoms with van der Waals surface area (Å²) in [6.45, 7) is 0.513. The van der Waals surface area contributed by atoms with Crippen molar-refractivity contribution in [2.45, 2.75) is 6.61 Å².